The average molecular weight is 346 g/mol. The van der Waals surface area contributed by atoms with E-state index in [1.165, 1.54) is 0 Å². The van der Waals surface area contributed by atoms with Gasteiger partial charge in [-0.25, -0.2) is 4.98 Å². The Morgan fingerprint density at radius 3 is 2.83 bits per heavy atom. The lowest BCUT2D eigenvalue weighted by atomic mass is 10.1. The van der Waals surface area contributed by atoms with Crippen molar-refractivity contribution in [3.05, 3.63) is 58.9 Å². The molecule has 118 valence electrons. The quantitative estimate of drug-likeness (QED) is 0.564. The second-order valence-corrected chi connectivity index (χ2v) is 6.03. The van der Waals surface area contributed by atoms with Gasteiger partial charge >= 0.3 is 0 Å². The van der Waals surface area contributed by atoms with Crippen LogP contribution in [-0.4, -0.2) is 16.5 Å². The van der Waals surface area contributed by atoms with Crippen molar-refractivity contribution in [2.24, 2.45) is 0 Å². The summed E-state index contributed by atoms with van der Waals surface area (Å²) in [6.07, 6.45) is 8.82. The molecule has 3 nitrogen and oxygen atoms in total. The standard InChI is InChI=1S/C18H17Cl2N3/c1-2-3-4-7-21-17-9-12(5-6-15(17)19)13-8-14-16(20)11-23-18(14)22-10-13/h3-6,8-11,21H,2,7H2,1H3,(H,22,23). The molecule has 5 heteroatoms. The second-order valence-electron chi connectivity index (χ2n) is 5.21. The number of benzene rings is 1. The Hall–Kier alpha value is -1.97. The van der Waals surface area contributed by atoms with Crippen molar-refractivity contribution in [2.75, 3.05) is 11.9 Å². The maximum atomic E-state index is 6.27. The van der Waals surface area contributed by atoms with Crippen LogP contribution in [-0.2, 0) is 0 Å². The van der Waals surface area contributed by atoms with Crippen molar-refractivity contribution in [2.45, 2.75) is 13.3 Å². The summed E-state index contributed by atoms with van der Waals surface area (Å²) in [6.45, 7) is 2.86. The minimum absolute atomic E-state index is 0.673. The summed E-state index contributed by atoms with van der Waals surface area (Å²) in [7, 11) is 0. The molecule has 2 N–H and O–H groups in total. The highest BCUT2D eigenvalue weighted by molar-refractivity contribution is 6.35. The van der Waals surface area contributed by atoms with Crippen LogP contribution in [0.4, 0.5) is 5.69 Å². The van der Waals surface area contributed by atoms with Crippen molar-refractivity contribution in [1.82, 2.24) is 9.97 Å². The van der Waals surface area contributed by atoms with Crippen LogP contribution in [0.3, 0.4) is 0 Å². The van der Waals surface area contributed by atoms with Gasteiger partial charge in [-0.15, -0.1) is 0 Å². The number of rotatable bonds is 5. The van der Waals surface area contributed by atoms with Crippen LogP contribution in [0.1, 0.15) is 13.3 Å². The normalized spacial score (nSPS) is 11.4. The van der Waals surface area contributed by atoms with Crippen molar-refractivity contribution < 1.29 is 0 Å². The molecule has 0 saturated carbocycles. The SMILES string of the molecule is CCC=CCNc1cc(-c2cnc3[nH]cc(Cl)c3c2)ccc1Cl. The monoisotopic (exact) mass is 345 g/mol. The van der Waals surface area contributed by atoms with Crippen LogP contribution >= 0.6 is 23.2 Å². The summed E-state index contributed by atoms with van der Waals surface area (Å²) >= 11 is 12.4. The number of allylic oxidation sites excluding steroid dienone is 1. The fourth-order valence-electron chi connectivity index (χ4n) is 2.39. The first kappa shape index (κ1) is 15.9. The van der Waals surface area contributed by atoms with Gasteiger partial charge in [-0.05, 0) is 30.2 Å². The van der Waals surface area contributed by atoms with Gasteiger partial charge in [0.2, 0.25) is 0 Å². The predicted molar refractivity (Wildman–Crippen MR) is 99.5 cm³/mol. The molecule has 23 heavy (non-hydrogen) atoms. The zero-order valence-electron chi connectivity index (χ0n) is 12.7. The number of H-pyrrole nitrogens is 1. The molecule has 3 aromatic rings. The number of aromatic amines is 1. The van der Waals surface area contributed by atoms with Crippen molar-refractivity contribution in [3.63, 3.8) is 0 Å². The molecule has 0 atom stereocenters. The molecule has 2 aromatic heterocycles. The van der Waals surface area contributed by atoms with Crippen LogP contribution in [0.15, 0.2) is 48.8 Å². The number of nitrogens with zero attached hydrogens (tertiary/aromatic N) is 1. The van der Waals surface area contributed by atoms with Gasteiger partial charge in [0.25, 0.3) is 0 Å². The highest BCUT2D eigenvalue weighted by Crippen LogP contribution is 2.31. The highest BCUT2D eigenvalue weighted by atomic mass is 35.5. The van der Waals surface area contributed by atoms with Crippen molar-refractivity contribution in [3.8, 4) is 11.1 Å². The van der Waals surface area contributed by atoms with E-state index >= 15 is 0 Å². The van der Waals surface area contributed by atoms with Gasteiger partial charge in [-0.3, -0.25) is 0 Å². The van der Waals surface area contributed by atoms with Crippen LogP contribution < -0.4 is 5.32 Å². The Morgan fingerprint density at radius 1 is 1.13 bits per heavy atom. The van der Waals surface area contributed by atoms with Crippen LogP contribution in [0, 0.1) is 0 Å². The van der Waals surface area contributed by atoms with Crippen LogP contribution in [0.5, 0.6) is 0 Å². The number of halogens is 2. The zero-order valence-corrected chi connectivity index (χ0v) is 14.2. The summed E-state index contributed by atoms with van der Waals surface area (Å²) in [5, 5.41) is 5.62. The molecule has 0 saturated heterocycles. The predicted octanol–water partition coefficient (Wildman–Crippen LogP) is 5.91. The van der Waals surface area contributed by atoms with Gasteiger partial charge in [0.1, 0.15) is 5.65 Å². The zero-order chi connectivity index (χ0) is 16.2. The number of nitrogens with one attached hydrogen (secondary N) is 2. The summed E-state index contributed by atoms with van der Waals surface area (Å²) in [4.78, 5) is 7.46. The lowest BCUT2D eigenvalue weighted by Gasteiger charge is -2.09. The number of aromatic nitrogens is 2. The van der Waals surface area contributed by atoms with E-state index in [0.717, 1.165) is 40.8 Å². The Labute approximate surface area is 145 Å². The van der Waals surface area contributed by atoms with E-state index in [0.29, 0.717) is 10.0 Å². The molecule has 0 bridgehead atoms. The van der Waals surface area contributed by atoms with Gasteiger partial charge in [0.15, 0.2) is 0 Å². The molecule has 0 spiro atoms. The number of hydrogen-bond donors (Lipinski definition) is 2. The topological polar surface area (TPSA) is 40.7 Å². The number of anilines is 1. The van der Waals surface area contributed by atoms with E-state index in [1.54, 1.807) is 6.20 Å². The first-order chi connectivity index (χ1) is 11.2. The summed E-state index contributed by atoms with van der Waals surface area (Å²) < 4.78 is 0. The van der Waals surface area contributed by atoms with Gasteiger partial charge in [-0.1, -0.05) is 48.3 Å². The van der Waals surface area contributed by atoms with Gasteiger partial charge in [0, 0.05) is 29.9 Å². The third kappa shape index (κ3) is 3.52. The van der Waals surface area contributed by atoms with Gasteiger partial charge in [0.05, 0.1) is 15.7 Å². The van der Waals surface area contributed by atoms with E-state index in [9.17, 15) is 0 Å². The third-order valence-corrected chi connectivity index (χ3v) is 4.24. The van der Waals surface area contributed by atoms with E-state index in [-0.39, 0.29) is 0 Å². The molecule has 0 aliphatic heterocycles. The van der Waals surface area contributed by atoms with Gasteiger partial charge in [-0.2, -0.15) is 0 Å². The largest absolute Gasteiger partial charge is 0.380 e. The van der Waals surface area contributed by atoms with E-state index in [1.807, 2.05) is 30.5 Å². The second kappa shape index (κ2) is 7.07. The van der Waals surface area contributed by atoms with Gasteiger partial charge < -0.3 is 10.3 Å². The first-order valence-corrected chi connectivity index (χ1v) is 8.26. The Kier molecular flexibility index (Phi) is 4.89. The summed E-state index contributed by atoms with van der Waals surface area (Å²) in [6, 6.07) is 7.95. The molecule has 0 aliphatic carbocycles. The molecule has 1 aromatic carbocycles. The van der Waals surface area contributed by atoms with Crippen LogP contribution in [0.2, 0.25) is 10.0 Å². The Bertz CT molecular complexity index is 853. The molecule has 0 unspecified atom stereocenters. The highest BCUT2D eigenvalue weighted by Gasteiger charge is 2.07. The average Bonchev–Trinajstić information content (AvgIpc) is 2.94. The van der Waals surface area contributed by atoms with Crippen LogP contribution in [0.25, 0.3) is 22.2 Å². The van der Waals surface area contributed by atoms with E-state index in [4.69, 9.17) is 23.2 Å². The molecule has 3 rings (SSSR count). The molecular formula is C18H17Cl2N3. The molecular weight excluding hydrogens is 329 g/mol. The summed E-state index contributed by atoms with van der Waals surface area (Å²) in [5.41, 5.74) is 3.74. The third-order valence-electron chi connectivity index (χ3n) is 3.59. The van der Waals surface area contributed by atoms with Crippen molar-refractivity contribution in [1.29, 1.82) is 0 Å². The number of pyridine rings is 1. The number of fused-ring (bicyclic) bond motifs is 1. The fourth-order valence-corrected chi connectivity index (χ4v) is 2.77. The fraction of sp³-hybridized carbons (Fsp3) is 0.167. The molecule has 0 aliphatic rings. The van der Waals surface area contributed by atoms with E-state index < -0.39 is 0 Å². The summed E-state index contributed by atoms with van der Waals surface area (Å²) in [5.74, 6) is 0. The smallest absolute Gasteiger partial charge is 0.138 e. The maximum Gasteiger partial charge on any atom is 0.138 e. The minimum atomic E-state index is 0.673. The first-order valence-electron chi connectivity index (χ1n) is 7.50. The Balaban J connectivity index is 1.91. The molecule has 0 fully saturated rings. The molecule has 2 heterocycles. The maximum absolute atomic E-state index is 6.27. The van der Waals surface area contributed by atoms with E-state index in [2.05, 4.69) is 34.4 Å². The van der Waals surface area contributed by atoms with Crippen molar-refractivity contribution >= 4 is 39.9 Å². The minimum Gasteiger partial charge on any atom is -0.380 e. The lowest BCUT2D eigenvalue weighted by molar-refractivity contribution is 1.20. The lowest BCUT2D eigenvalue weighted by Crippen LogP contribution is -1.99. The Morgan fingerprint density at radius 2 is 2.00 bits per heavy atom. The molecule has 0 amide bonds. The number of hydrogen-bond acceptors (Lipinski definition) is 2. The molecule has 0 radical (unpaired) electrons.